The van der Waals surface area contributed by atoms with E-state index in [1.807, 2.05) is 48.5 Å². The summed E-state index contributed by atoms with van der Waals surface area (Å²) in [6.45, 7) is 0. The summed E-state index contributed by atoms with van der Waals surface area (Å²) in [5.41, 5.74) is 8.71. The number of halogens is 2. The number of hydrogen-bond donors (Lipinski definition) is 2. The van der Waals surface area contributed by atoms with E-state index in [1.165, 1.54) is 0 Å². The fourth-order valence-electron chi connectivity index (χ4n) is 1.98. The highest BCUT2D eigenvalue weighted by molar-refractivity contribution is 6.30. The normalized spacial score (nSPS) is 11.5. The Morgan fingerprint density at radius 1 is 1.14 bits per heavy atom. The average Bonchev–Trinajstić information content (AvgIpc) is 2.45. The molecule has 0 fully saturated rings. The monoisotopic (exact) mass is 325 g/mol. The van der Waals surface area contributed by atoms with Gasteiger partial charge in [-0.05, 0) is 41.7 Å². The van der Waals surface area contributed by atoms with Gasteiger partial charge in [0.2, 0.25) is 0 Å². The van der Waals surface area contributed by atoms with E-state index in [4.69, 9.17) is 22.4 Å². The zero-order valence-corrected chi connectivity index (χ0v) is 12.9. The average molecular weight is 326 g/mol. The van der Waals surface area contributed by atoms with Crippen LogP contribution in [0.5, 0.6) is 0 Å². The van der Waals surface area contributed by atoms with Crippen LogP contribution in [0.25, 0.3) is 11.1 Å². The van der Waals surface area contributed by atoms with Gasteiger partial charge in [-0.3, -0.25) is 4.79 Å². The molecule has 0 bridgehead atoms. The minimum Gasteiger partial charge on any atom is -0.480 e. The summed E-state index contributed by atoms with van der Waals surface area (Å²) in [6, 6.07) is 14.9. The molecule has 3 N–H and O–H groups in total. The van der Waals surface area contributed by atoms with Crippen molar-refractivity contribution in [2.75, 3.05) is 0 Å². The molecule has 3 nitrogen and oxygen atoms in total. The third-order valence-electron chi connectivity index (χ3n) is 3.17. The number of nitrogens with two attached hydrogens (primary N) is 1. The number of rotatable bonds is 5. The number of carboxylic acids is 1. The first-order valence-electron chi connectivity index (χ1n) is 6.39. The van der Waals surface area contributed by atoms with E-state index in [0.717, 1.165) is 16.7 Å². The third-order valence-corrected chi connectivity index (χ3v) is 3.41. The summed E-state index contributed by atoms with van der Waals surface area (Å²) in [5, 5.41) is 9.45. The summed E-state index contributed by atoms with van der Waals surface area (Å²) >= 11 is 5.97. The molecular weight excluding hydrogens is 309 g/mol. The first-order valence-corrected chi connectivity index (χ1v) is 6.77. The van der Waals surface area contributed by atoms with Gasteiger partial charge in [0, 0.05) is 5.02 Å². The Balaban J connectivity index is 0.00000220. The maximum atomic E-state index is 10.7. The van der Waals surface area contributed by atoms with Crippen LogP contribution in [0.4, 0.5) is 0 Å². The maximum absolute atomic E-state index is 10.7. The van der Waals surface area contributed by atoms with Gasteiger partial charge in [0.25, 0.3) is 0 Å². The Hall–Kier alpha value is -1.55. The van der Waals surface area contributed by atoms with Crippen LogP contribution in [0, 0.1) is 0 Å². The molecule has 0 aliphatic carbocycles. The SMILES string of the molecule is Cl.NC(CCc1ccc(-c2cccc(Cl)c2)cc1)C(=O)O. The Kier molecular flexibility index (Phi) is 6.69. The predicted octanol–water partition coefficient (Wildman–Crippen LogP) is 3.77. The molecule has 1 atom stereocenters. The fraction of sp³-hybridized carbons (Fsp3) is 0.188. The molecule has 2 rings (SSSR count). The molecule has 1 unspecified atom stereocenters. The first kappa shape index (κ1) is 17.5. The van der Waals surface area contributed by atoms with E-state index in [2.05, 4.69) is 0 Å². The molecule has 0 heterocycles. The molecule has 2 aromatic carbocycles. The fourth-order valence-corrected chi connectivity index (χ4v) is 2.17. The van der Waals surface area contributed by atoms with Crippen molar-refractivity contribution >= 4 is 30.0 Å². The van der Waals surface area contributed by atoms with Crippen LogP contribution in [-0.2, 0) is 11.2 Å². The first-order chi connectivity index (χ1) is 9.56. The molecule has 0 spiro atoms. The molecule has 0 aromatic heterocycles. The summed E-state index contributed by atoms with van der Waals surface area (Å²) < 4.78 is 0. The summed E-state index contributed by atoms with van der Waals surface area (Å²) in [6.07, 6.45) is 1.09. The molecule has 5 heteroatoms. The van der Waals surface area contributed by atoms with Crippen LogP contribution in [0.3, 0.4) is 0 Å². The second-order valence-electron chi connectivity index (χ2n) is 4.69. The second-order valence-corrected chi connectivity index (χ2v) is 5.13. The van der Waals surface area contributed by atoms with Crippen molar-refractivity contribution in [2.45, 2.75) is 18.9 Å². The Morgan fingerprint density at radius 2 is 1.81 bits per heavy atom. The summed E-state index contributed by atoms with van der Waals surface area (Å²) in [7, 11) is 0. The number of aryl methyl sites for hydroxylation is 1. The van der Waals surface area contributed by atoms with E-state index in [-0.39, 0.29) is 12.4 Å². The van der Waals surface area contributed by atoms with Gasteiger partial charge in [-0.25, -0.2) is 0 Å². The molecule has 0 saturated carbocycles. The van der Waals surface area contributed by atoms with E-state index in [9.17, 15) is 4.79 Å². The van der Waals surface area contributed by atoms with Crippen LogP contribution in [-0.4, -0.2) is 17.1 Å². The molecule has 21 heavy (non-hydrogen) atoms. The van der Waals surface area contributed by atoms with Crippen LogP contribution >= 0.6 is 24.0 Å². The molecule has 0 radical (unpaired) electrons. The molecule has 2 aromatic rings. The van der Waals surface area contributed by atoms with Crippen molar-refractivity contribution in [2.24, 2.45) is 5.73 Å². The van der Waals surface area contributed by atoms with Gasteiger partial charge in [-0.1, -0.05) is 48.0 Å². The smallest absolute Gasteiger partial charge is 0.320 e. The number of benzene rings is 2. The van der Waals surface area contributed by atoms with Gasteiger partial charge in [-0.15, -0.1) is 12.4 Å². The molecule has 0 aliphatic rings. The van der Waals surface area contributed by atoms with Gasteiger partial charge in [0.1, 0.15) is 6.04 Å². The van der Waals surface area contributed by atoms with Crippen molar-refractivity contribution in [3.05, 3.63) is 59.1 Å². The number of carbonyl (C=O) groups is 1. The standard InChI is InChI=1S/C16H16ClNO2.ClH/c17-14-3-1-2-13(10-14)12-7-4-11(5-8-12)6-9-15(18)16(19)20;/h1-5,7-8,10,15H,6,9,18H2,(H,19,20);1H. The van der Waals surface area contributed by atoms with E-state index < -0.39 is 12.0 Å². The maximum Gasteiger partial charge on any atom is 0.320 e. The molecule has 0 amide bonds. The molecule has 0 aliphatic heterocycles. The molecular formula is C16H17Cl2NO2. The van der Waals surface area contributed by atoms with Gasteiger partial charge >= 0.3 is 5.97 Å². The highest BCUT2D eigenvalue weighted by Crippen LogP contribution is 2.23. The van der Waals surface area contributed by atoms with Gasteiger partial charge in [0.05, 0.1) is 0 Å². The van der Waals surface area contributed by atoms with Crippen LogP contribution in [0.2, 0.25) is 5.02 Å². The van der Waals surface area contributed by atoms with Crippen LogP contribution in [0.1, 0.15) is 12.0 Å². The summed E-state index contributed by atoms with van der Waals surface area (Å²) in [4.78, 5) is 10.7. The van der Waals surface area contributed by atoms with Gasteiger partial charge in [0.15, 0.2) is 0 Å². The van der Waals surface area contributed by atoms with Gasteiger partial charge < -0.3 is 10.8 Å². The topological polar surface area (TPSA) is 63.3 Å². The highest BCUT2D eigenvalue weighted by Gasteiger charge is 2.10. The summed E-state index contributed by atoms with van der Waals surface area (Å²) in [5.74, 6) is -0.958. The Labute approximate surface area is 135 Å². The number of aliphatic carboxylic acids is 1. The zero-order chi connectivity index (χ0) is 14.5. The Morgan fingerprint density at radius 3 is 2.38 bits per heavy atom. The molecule has 112 valence electrons. The lowest BCUT2D eigenvalue weighted by atomic mass is 10.0. The zero-order valence-electron chi connectivity index (χ0n) is 11.3. The largest absolute Gasteiger partial charge is 0.480 e. The Bertz CT molecular complexity index is 599. The number of hydrogen-bond acceptors (Lipinski definition) is 2. The van der Waals surface area contributed by atoms with E-state index in [0.29, 0.717) is 17.9 Å². The lowest BCUT2D eigenvalue weighted by Crippen LogP contribution is -2.30. The number of carboxylic acid groups (broad SMARTS) is 1. The van der Waals surface area contributed by atoms with Crippen molar-refractivity contribution < 1.29 is 9.90 Å². The highest BCUT2D eigenvalue weighted by atomic mass is 35.5. The minimum atomic E-state index is -0.958. The van der Waals surface area contributed by atoms with Crippen molar-refractivity contribution in [1.29, 1.82) is 0 Å². The lowest BCUT2D eigenvalue weighted by Gasteiger charge is -2.07. The van der Waals surface area contributed by atoms with E-state index in [1.54, 1.807) is 0 Å². The quantitative estimate of drug-likeness (QED) is 0.879. The minimum absolute atomic E-state index is 0. The van der Waals surface area contributed by atoms with Gasteiger partial charge in [-0.2, -0.15) is 0 Å². The second kappa shape index (κ2) is 8.03. The lowest BCUT2D eigenvalue weighted by molar-refractivity contribution is -0.138. The predicted molar refractivity (Wildman–Crippen MR) is 88.1 cm³/mol. The van der Waals surface area contributed by atoms with E-state index >= 15 is 0 Å². The van der Waals surface area contributed by atoms with Crippen molar-refractivity contribution in [3.63, 3.8) is 0 Å². The van der Waals surface area contributed by atoms with Crippen LogP contribution < -0.4 is 5.73 Å². The molecule has 0 saturated heterocycles. The van der Waals surface area contributed by atoms with Crippen molar-refractivity contribution in [3.8, 4) is 11.1 Å². The third kappa shape index (κ3) is 5.05. The van der Waals surface area contributed by atoms with Crippen molar-refractivity contribution in [1.82, 2.24) is 0 Å². The van der Waals surface area contributed by atoms with Crippen LogP contribution in [0.15, 0.2) is 48.5 Å².